The summed E-state index contributed by atoms with van der Waals surface area (Å²) in [6.45, 7) is 1.43. The van der Waals surface area contributed by atoms with Crippen molar-refractivity contribution in [3.63, 3.8) is 0 Å². The number of rotatable bonds is 5. The zero-order valence-corrected chi connectivity index (χ0v) is 16.0. The van der Waals surface area contributed by atoms with Gasteiger partial charge in [0.05, 0.1) is 6.54 Å². The van der Waals surface area contributed by atoms with Crippen LogP contribution in [0.25, 0.3) is 0 Å². The molecule has 2 aliphatic rings. The van der Waals surface area contributed by atoms with Crippen LogP contribution in [0.3, 0.4) is 0 Å². The number of urea groups is 1. The maximum atomic E-state index is 13.1. The zero-order valence-electron chi connectivity index (χ0n) is 16.0. The molecule has 7 nitrogen and oxygen atoms in total. The zero-order chi connectivity index (χ0) is 20.6. The van der Waals surface area contributed by atoms with Crippen LogP contribution in [0.1, 0.15) is 41.3 Å². The summed E-state index contributed by atoms with van der Waals surface area (Å²) in [5.74, 6) is -0.844. The Kier molecular flexibility index (Phi) is 4.66. The van der Waals surface area contributed by atoms with E-state index in [1.54, 1.807) is 31.2 Å². The summed E-state index contributed by atoms with van der Waals surface area (Å²) in [6.07, 6.45) is 1.56. The third-order valence-corrected chi connectivity index (χ3v) is 5.54. The molecule has 4 amide bonds. The second-order valence-electron chi connectivity index (χ2n) is 7.29. The fraction of sp³-hybridized carbons (Fsp3) is 0.273. The molecule has 1 spiro atoms. The molecule has 0 bridgehead atoms. The van der Waals surface area contributed by atoms with Crippen LogP contribution in [0.2, 0.25) is 0 Å². The summed E-state index contributed by atoms with van der Waals surface area (Å²) < 4.78 is 0. The van der Waals surface area contributed by atoms with E-state index in [0.29, 0.717) is 30.5 Å². The number of imide groups is 1. The highest BCUT2D eigenvalue weighted by molar-refractivity contribution is 6.12. The minimum absolute atomic E-state index is 0.120. The molecule has 1 aliphatic carbocycles. The first kappa shape index (κ1) is 18.9. The van der Waals surface area contributed by atoms with Gasteiger partial charge in [-0.3, -0.25) is 19.3 Å². The lowest BCUT2D eigenvalue weighted by Gasteiger charge is -2.22. The number of ketones is 1. The van der Waals surface area contributed by atoms with Crippen molar-refractivity contribution in [2.45, 2.75) is 31.7 Å². The molecule has 1 saturated heterocycles. The van der Waals surface area contributed by atoms with Gasteiger partial charge in [-0.1, -0.05) is 31.2 Å². The van der Waals surface area contributed by atoms with Crippen LogP contribution in [0, 0.1) is 0 Å². The number of nitrogens with zero attached hydrogens (tertiary/aromatic N) is 1. The molecule has 148 valence electrons. The number of carbonyl (C=O) groups excluding carboxylic acids is 4. The molecule has 29 heavy (non-hydrogen) atoms. The van der Waals surface area contributed by atoms with Crippen molar-refractivity contribution >= 4 is 29.3 Å². The van der Waals surface area contributed by atoms with E-state index >= 15 is 0 Å². The topological polar surface area (TPSA) is 95.6 Å². The van der Waals surface area contributed by atoms with Crippen molar-refractivity contribution in [3.05, 3.63) is 65.2 Å². The minimum Gasteiger partial charge on any atom is -0.326 e. The Balaban J connectivity index is 1.50. The summed E-state index contributed by atoms with van der Waals surface area (Å²) in [7, 11) is 0. The van der Waals surface area contributed by atoms with Crippen LogP contribution in [0.4, 0.5) is 10.5 Å². The van der Waals surface area contributed by atoms with E-state index in [9.17, 15) is 19.2 Å². The number of benzene rings is 2. The Morgan fingerprint density at radius 1 is 1.10 bits per heavy atom. The van der Waals surface area contributed by atoms with Gasteiger partial charge < -0.3 is 10.6 Å². The molecule has 1 heterocycles. The lowest BCUT2D eigenvalue weighted by molar-refractivity contribution is -0.131. The van der Waals surface area contributed by atoms with Gasteiger partial charge in [0.2, 0.25) is 5.91 Å². The second-order valence-corrected chi connectivity index (χ2v) is 7.29. The van der Waals surface area contributed by atoms with Crippen molar-refractivity contribution in [2.24, 2.45) is 0 Å². The number of hydrogen-bond acceptors (Lipinski definition) is 4. The Hall–Kier alpha value is -3.48. The summed E-state index contributed by atoms with van der Waals surface area (Å²) in [4.78, 5) is 50.8. The Bertz CT molecular complexity index is 1010. The molecule has 1 atom stereocenters. The molecule has 1 aliphatic heterocycles. The maximum Gasteiger partial charge on any atom is 0.325 e. The molecule has 0 unspecified atom stereocenters. The van der Waals surface area contributed by atoms with Gasteiger partial charge in [-0.25, -0.2) is 4.79 Å². The predicted molar refractivity (Wildman–Crippen MR) is 106 cm³/mol. The van der Waals surface area contributed by atoms with Crippen molar-refractivity contribution in [2.75, 3.05) is 11.9 Å². The SMILES string of the molecule is CCC(=O)Nc1ccc(C(=O)CN2C(=O)N[C@]3(CCc4ccccc43)C2=O)cc1. The van der Waals surface area contributed by atoms with Crippen LogP contribution in [0.5, 0.6) is 0 Å². The first-order valence-electron chi connectivity index (χ1n) is 9.60. The van der Waals surface area contributed by atoms with Crippen LogP contribution < -0.4 is 10.6 Å². The van der Waals surface area contributed by atoms with Crippen molar-refractivity contribution < 1.29 is 19.2 Å². The van der Waals surface area contributed by atoms with E-state index in [0.717, 1.165) is 16.0 Å². The summed E-state index contributed by atoms with van der Waals surface area (Å²) >= 11 is 0. The average molecular weight is 391 g/mol. The molecule has 1 fully saturated rings. The van der Waals surface area contributed by atoms with E-state index < -0.39 is 11.6 Å². The highest BCUT2D eigenvalue weighted by Gasteiger charge is 2.55. The van der Waals surface area contributed by atoms with Gasteiger partial charge in [0.25, 0.3) is 5.91 Å². The largest absolute Gasteiger partial charge is 0.326 e. The Morgan fingerprint density at radius 2 is 1.83 bits per heavy atom. The van der Waals surface area contributed by atoms with Crippen LogP contribution in [0.15, 0.2) is 48.5 Å². The summed E-state index contributed by atoms with van der Waals surface area (Å²) in [6, 6.07) is 13.4. The highest BCUT2D eigenvalue weighted by atomic mass is 16.2. The minimum atomic E-state index is -1.07. The number of amides is 4. The molecule has 7 heteroatoms. The number of nitrogens with one attached hydrogen (secondary N) is 2. The molecular formula is C22H21N3O4. The Labute approximate surface area is 168 Å². The molecule has 2 aromatic carbocycles. The molecule has 2 aromatic rings. The van der Waals surface area contributed by atoms with Gasteiger partial charge in [0.1, 0.15) is 5.54 Å². The number of anilines is 1. The van der Waals surface area contributed by atoms with Gasteiger partial charge >= 0.3 is 6.03 Å². The van der Waals surface area contributed by atoms with E-state index in [1.807, 2.05) is 24.3 Å². The summed E-state index contributed by atoms with van der Waals surface area (Å²) in [5, 5.41) is 5.53. The van der Waals surface area contributed by atoms with E-state index in [-0.39, 0.29) is 24.1 Å². The molecule has 0 saturated carbocycles. The highest BCUT2D eigenvalue weighted by Crippen LogP contribution is 2.41. The first-order chi connectivity index (χ1) is 13.9. The summed E-state index contributed by atoms with van der Waals surface area (Å²) in [5.41, 5.74) is 1.74. The van der Waals surface area contributed by atoms with Crippen molar-refractivity contribution in [3.8, 4) is 0 Å². The van der Waals surface area contributed by atoms with E-state index in [2.05, 4.69) is 10.6 Å². The number of carbonyl (C=O) groups is 4. The van der Waals surface area contributed by atoms with Gasteiger partial charge in [-0.05, 0) is 48.2 Å². The standard InChI is InChI=1S/C22H21N3O4/c1-2-19(27)23-16-9-7-15(8-10-16)18(26)13-25-20(28)22(24-21(25)29)12-11-14-5-3-4-6-17(14)22/h3-10H,2,11-13H2,1H3,(H,23,27)(H,24,29)/t22-/m0/s1. The molecule has 0 aromatic heterocycles. The van der Waals surface area contributed by atoms with Crippen LogP contribution in [-0.2, 0) is 21.5 Å². The van der Waals surface area contributed by atoms with Gasteiger partial charge in [-0.2, -0.15) is 0 Å². The van der Waals surface area contributed by atoms with Gasteiger partial charge in [-0.15, -0.1) is 0 Å². The predicted octanol–water partition coefficient (Wildman–Crippen LogP) is 2.61. The molecule has 4 rings (SSSR count). The first-order valence-corrected chi connectivity index (χ1v) is 9.60. The van der Waals surface area contributed by atoms with Crippen LogP contribution >= 0.6 is 0 Å². The second kappa shape index (κ2) is 7.16. The fourth-order valence-electron chi connectivity index (χ4n) is 3.96. The third-order valence-electron chi connectivity index (χ3n) is 5.54. The normalized spacial score (nSPS) is 20.0. The van der Waals surface area contributed by atoms with Crippen LogP contribution in [-0.4, -0.2) is 35.1 Å². The molecule has 2 N–H and O–H groups in total. The third kappa shape index (κ3) is 3.18. The molecular weight excluding hydrogens is 370 g/mol. The van der Waals surface area contributed by atoms with Gasteiger partial charge in [0, 0.05) is 17.7 Å². The van der Waals surface area contributed by atoms with Crippen molar-refractivity contribution in [1.82, 2.24) is 10.2 Å². The number of fused-ring (bicyclic) bond motifs is 2. The van der Waals surface area contributed by atoms with E-state index in [1.165, 1.54) is 0 Å². The average Bonchev–Trinajstić information content (AvgIpc) is 3.21. The quantitative estimate of drug-likeness (QED) is 0.605. The Morgan fingerprint density at radius 3 is 2.55 bits per heavy atom. The number of Topliss-reactive ketones (excluding diaryl/α,β-unsaturated/α-hetero) is 1. The number of hydrogen-bond donors (Lipinski definition) is 2. The fourth-order valence-corrected chi connectivity index (χ4v) is 3.96. The lowest BCUT2D eigenvalue weighted by atomic mass is 9.92. The monoisotopic (exact) mass is 391 g/mol. The van der Waals surface area contributed by atoms with Crippen molar-refractivity contribution in [1.29, 1.82) is 0 Å². The van der Waals surface area contributed by atoms with E-state index in [4.69, 9.17) is 0 Å². The smallest absolute Gasteiger partial charge is 0.325 e. The maximum absolute atomic E-state index is 13.1. The lowest BCUT2D eigenvalue weighted by Crippen LogP contribution is -2.42. The molecule has 0 radical (unpaired) electrons. The van der Waals surface area contributed by atoms with Gasteiger partial charge in [0.15, 0.2) is 5.78 Å². The number of aryl methyl sites for hydroxylation is 1.